The molecule has 6 nitrogen and oxygen atoms in total. The number of carbonyl (C=O) groups is 1. The molecular weight excluding hydrogens is 797 g/mol. The summed E-state index contributed by atoms with van der Waals surface area (Å²) in [7, 11) is 0. The fourth-order valence-electron chi connectivity index (χ4n) is 5.66. The standard InChI is InChI=1S/C28H33N4.C15H28O2.Ir/c1-17-13-18(2)15-21(14-17)23-22-10-9-20(16-19(22)11-12-29-23)24-30-25(27(3,4)5)32-26(31-24)28(6,7)8;1-7-14(5,8-2)12(16)11-13(17)15(6,9-3)10-4;/h9-10,13-14,16H,11-12H2,1-8H3;11,16H,7-10H2,1-6H3;/q-1;;/b;12-11-;. The summed E-state index contributed by atoms with van der Waals surface area (Å²) in [5.41, 5.74) is 7.08. The van der Waals surface area contributed by atoms with Crippen LogP contribution in [0.4, 0.5) is 0 Å². The Labute approximate surface area is 316 Å². The number of aryl methyl sites for hydroxylation is 2. The van der Waals surface area contributed by atoms with E-state index < -0.39 is 0 Å². The van der Waals surface area contributed by atoms with E-state index in [1.165, 1.54) is 22.8 Å². The number of rotatable bonds is 9. The Morgan fingerprint density at radius 3 is 1.82 bits per heavy atom. The summed E-state index contributed by atoms with van der Waals surface area (Å²) in [6.45, 7) is 30.0. The predicted octanol–water partition coefficient (Wildman–Crippen LogP) is 10.6. The van der Waals surface area contributed by atoms with Crippen LogP contribution in [0, 0.1) is 30.7 Å². The molecule has 1 N–H and O–H groups in total. The zero-order chi connectivity index (χ0) is 36.9. The number of allylic oxidation sites excluding steroid dienone is 2. The molecule has 4 rings (SSSR count). The maximum absolute atomic E-state index is 12.2. The van der Waals surface area contributed by atoms with Crippen molar-refractivity contribution in [3.05, 3.63) is 87.7 Å². The first-order valence-electron chi connectivity index (χ1n) is 18.1. The van der Waals surface area contributed by atoms with Gasteiger partial charge >= 0.3 is 0 Å². The van der Waals surface area contributed by atoms with Crippen LogP contribution in [0.2, 0.25) is 0 Å². The van der Waals surface area contributed by atoms with E-state index in [-0.39, 0.29) is 53.3 Å². The van der Waals surface area contributed by atoms with Crippen LogP contribution in [0.5, 0.6) is 0 Å². The fraction of sp³-hybridized carbons (Fsp3) is 0.558. The second kappa shape index (κ2) is 17.0. The molecule has 50 heavy (non-hydrogen) atoms. The SMILES string of the molecule is CCC(C)(CC)C(=O)/C=C(\O)C(C)(CC)CC.Cc1[c-]c(C2=NCCc3cc(-c4nc(C(C)(C)C)nc(C(C)(C)C)n4)ccc32)cc(C)c1.[Ir]. The van der Waals surface area contributed by atoms with Crippen molar-refractivity contribution in [1.29, 1.82) is 0 Å². The maximum atomic E-state index is 12.2. The number of hydrogen-bond acceptors (Lipinski definition) is 6. The monoisotopic (exact) mass is 858 g/mol. The molecule has 1 aromatic heterocycles. The average Bonchev–Trinajstić information content (AvgIpc) is 3.05. The minimum atomic E-state index is -0.337. The molecule has 1 aliphatic heterocycles. The number of benzene rings is 2. The number of ketones is 1. The van der Waals surface area contributed by atoms with E-state index >= 15 is 0 Å². The van der Waals surface area contributed by atoms with Crippen molar-refractivity contribution in [3.8, 4) is 11.4 Å². The van der Waals surface area contributed by atoms with Gasteiger partial charge in [-0.05, 0) is 55.0 Å². The molecule has 0 amide bonds. The summed E-state index contributed by atoms with van der Waals surface area (Å²) in [6, 6.07) is 14.3. The Morgan fingerprint density at radius 1 is 0.800 bits per heavy atom. The first kappa shape index (κ1) is 43.1. The van der Waals surface area contributed by atoms with Gasteiger partial charge in [0, 0.05) is 59.9 Å². The Morgan fingerprint density at radius 2 is 1.34 bits per heavy atom. The first-order valence-corrected chi connectivity index (χ1v) is 18.1. The molecule has 0 spiro atoms. The maximum Gasteiger partial charge on any atom is 0.164 e. The van der Waals surface area contributed by atoms with Gasteiger partial charge < -0.3 is 10.1 Å². The molecule has 0 saturated carbocycles. The van der Waals surface area contributed by atoms with Crippen LogP contribution >= 0.6 is 0 Å². The third-order valence-electron chi connectivity index (χ3n) is 10.3. The van der Waals surface area contributed by atoms with Gasteiger partial charge in [-0.2, -0.15) is 0 Å². The van der Waals surface area contributed by atoms with E-state index in [9.17, 15) is 9.90 Å². The van der Waals surface area contributed by atoms with Crippen LogP contribution in [0.3, 0.4) is 0 Å². The average molecular weight is 858 g/mol. The number of hydrogen-bond donors (Lipinski definition) is 1. The van der Waals surface area contributed by atoms with Crippen molar-refractivity contribution in [2.24, 2.45) is 15.8 Å². The molecular formula is C43H61IrN4O2-. The molecule has 0 fully saturated rings. The van der Waals surface area contributed by atoms with Gasteiger partial charge in [0.05, 0.1) is 0 Å². The van der Waals surface area contributed by atoms with Crippen LogP contribution in [0.15, 0.2) is 47.2 Å². The zero-order valence-electron chi connectivity index (χ0n) is 33.2. The molecule has 0 aliphatic carbocycles. The molecule has 0 saturated heterocycles. The van der Waals surface area contributed by atoms with E-state index in [0.717, 1.165) is 78.5 Å². The first-order chi connectivity index (χ1) is 22.7. The minimum absolute atomic E-state index is 0. The fourth-order valence-corrected chi connectivity index (χ4v) is 5.66. The smallest absolute Gasteiger partial charge is 0.164 e. The van der Waals surface area contributed by atoms with Gasteiger partial charge in [0.1, 0.15) is 17.4 Å². The number of aliphatic imine (C=N–C) groups is 1. The van der Waals surface area contributed by atoms with Crippen LogP contribution in [0.1, 0.15) is 148 Å². The normalized spacial score (nSPS) is 13.8. The summed E-state index contributed by atoms with van der Waals surface area (Å²) < 4.78 is 0. The summed E-state index contributed by atoms with van der Waals surface area (Å²) in [5.74, 6) is 2.70. The van der Waals surface area contributed by atoms with E-state index in [1.807, 2.05) is 41.5 Å². The van der Waals surface area contributed by atoms with Crippen molar-refractivity contribution in [2.45, 2.75) is 140 Å². The second-order valence-corrected chi connectivity index (χ2v) is 16.3. The number of aliphatic hydroxyl groups excluding tert-OH is 1. The topological polar surface area (TPSA) is 88.3 Å². The van der Waals surface area contributed by atoms with Crippen molar-refractivity contribution in [3.63, 3.8) is 0 Å². The number of aliphatic hydroxyl groups is 1. The molecule has 2 heterocycles. The van der Waals surface area contributed by atoms with Gasteiger partial charge in [-0.3, -0.25) is 4.79 Å². The van der Waals surface area contributed by atoms with Gasteiger partial charge in [-0.25, -0.2) is 15.0 Å². The van der Waals surface area contributed by atoms with Gasteiger partial charge in [0.2, 0.25) is 0 Å². The quantitative estimate of drug-likeness (QED) is 0.132. The molecule has 275 valence electrons. The van der Waals surface area contributed by atoms with Gasteiger partial charge in [0.25, 0.3) is 0 Å². The summed E-state index contributed by atoms with van der Waals surface area (Å²) in [6.07, 6.45) is 5.67. The minimum Gasteiger partial charge on any atom is -0.512 e. The summed E-state index contributed by atoms with van der Waals surface area (Å²) >= 11 is 0. The summed E-state index contributed by atoms with van der Waals surface area (Å²) in [5, 5.41) is 10.1. The Balaban J connectivity index is 0.000000413. The Bertz CT molecular complexity index is 1650. The molecule has 2 aromatic carbocycles. The van der Waals surface area contributed by atoms with Crippen LogP contribution in [-0.2, 0) is 42.2 Å². The molecule has 0 bridgehead atoms. The molecule has 7 heteroatoms. The van der Waals surface area contributed by atoms with Crippen LogP contribution < -0.4 is 0 Å². The zero-order valence-corrected chi connectivity index (χ0v) is 35.6. The van der Waals surface area contributed by atoms with Crippen molar-refractivity contribution in [1.82, 2.24) is 15.0 Å². The molecule has 1 aliphatic rings. The number of nitrogens with zero attached hydrogens (tertiary/aromatic N) is 4. The van der Waals surface area contributed by atoms with E-state index in [1.54, 1.807) is 0 Å². The van der Waals surface area contributed by atoms with Gasteiger partial charge in [-0.1, -0.05) is 109 Å². The van der Waals surface area contributed by atoms with Gasteiger partial charge in [-0.15, -0.1) is 34.9 Å². The van der Waals surface area contributed by atoms with Crippen LogP contribution in [0.25, 0.3) is 11.4 Å². The van der Waals surface area contributed by atoms with Crippen molar-refractivity contribution >= 4 is 11.5 Å². The molecule has 0 atom stereocenters. The molecule has 3 aromatic rings. The number of aromatic nitrogens is 3. The second-order valence-electron chi connectivity index (χ2n) is 16.3. The van der Waals surface area contributed by atoms with E-state index in [4.69, 9.17) is 19.9 Å². The summed E-state index contributed by atoms with van der Waals surface area (Å²) in [4.78, 5) is 31.6. The third-order valence-corrected chi connectivity index (χ3v) is 10.3. The van der Waals surface area contributed by atoms with E-state index in [0.29, 0.717) is 0 Å². The third kappa shape index (κ3) is 10.3. The van der Waals surface area contributed by atoms with Crippen molar-refractivity contribution < 1.29 is 30.0 Å². The largest absolute Gasteiger partial charge is 0.512 e. The Hall–Kier alpha value is -3.02. The number of fused-ring (bicyclic) bond motifs is 1. The van der Waals surface area contributed by atoms with Gasteiger partial charge in [0.15, 0.2) is 11.6 Å². The van der Waals surface area contributed by atoms with Crippen molar-refractivity contribution in [2.75, 3.05) is 6.54 Å². The van der Waals surface area contributed by atoms with E-state index in [2.05, 4.69) is 91.8 Å². The predicted molar refractivity (Wildman–Crippen MR) is 205 cm³/mol. The van der Waals surface area contributed by atoms with Crippen LogP contribution in [-0.4, -0.2) is 38.1 Å². The molecule has 1 radical (unpaired) electrons. The molecule has 0 unspecified atom stereocenters. The number of carbonyl (C=O) groups excluding carboxylic acids is 1. The Kier molecular flexibility index (Phi) is 14.7.